The zero-order valence-electron chi connectivity index (χ0n) is 13.3. The highest BCUT2D eigenvalue weighted by Gasteiger charge is 2.35. The fourth-order valence-electron chi connectivity index (χ4n) is 2.54. The lowest BCUT2D eigenvalue weighted by atomic mass is 9.82. The SMILES string of the molecule is CCC(CC)(CNC(=O)c1sccc1-c1ccccc1)C(=O)O. The van der Waals surface area contributed by atoms with E-state index in [1.165, 1.54) is 11.3 Å². The Morgan fingerprint density at radius 2 is 1.78 bits per heavy atom. The van der Waals surface area contributed by atoms with Crippen LogP contribution in [0.4, 0.5) is 0 Å². The van der Waals surface area contributed by atoms with E-state index in [0.717, 1.165) is 11.1 Å². The zero-order valence-corrected chi connectivity index (χ0v) is 14.2. The van der Waals surface area contributed by atoms with Gasteiger partial charge >= 0.3 is 5.97 Å². The van der Waals surface area contributed by atoms with Crippen molar-refractivity contribution in [2.75, 3.05) is 6.54 Å². The van der Waals surface area contributed by atoms with E-state index in [1.807, 2.05) is 55.6 Å². The van der Waals surface area contributed by atoms with Gasteiger partial charge in [-0.3, -0.25) is 9.59 Å². The number of nitrogens with one attached hydrogen (secondary N) is 1. The maximum absolute atomic E-state index is 12.5. The Labute approximate surface area is 140 Å². The number of benzene rings is 1. The van der Waals surface area contributed by atoms with E-state index in [2.05, 4.69) is 5.32 Å². The van der Waals surface area contributed by atoms with Gasteiger partial charge in [0.2, 0.25) is 0 Å². The van der Waals surface area contributed by atoms with Gasteiger partial charge in [-0.15, -0.1) is 11.3 Å². The Balaban J connectivity index is 2.17. The highest BCUT2D eigenvalue weighted by atomic mass is 32.1. The fraction of sp³-hybridized carbons (Fsp3) is 0.333. The lowest BCUT2D eigenvalue weighted by Gasteiger charge is -2.26. The van der Waals surface area contributed by atoms with Gasteiger partial charge in [0.05, 0.1) is 10.3 Å². The van der Waals surface area contributed by atoms with Crippen molar-refractivity contribution in [1.29, 1.82) is 0 Å². The number of hydrogen-bond donors (Lipinski definition) is 2. The number of carboxylic acids is 1. The molecule has 1 aromatic heterocycles. The molecule has 5 heteroatoms. The van der Waals surface area contributed by atoms with E-state index < -0.39 is 11.4 Å². The zero-order chi connectivity index (χ0) is 16.9. The summed E-state index contributed by atoms with van der Waals surface area (Å²) in [4.78, 5) is 24.6. The molecule has 2 N–H and O–H groups in total. The first-order chi connectivity index (χ1) is 11.0. The summed E-state index contributed by atoms with van der Waals surface area (Å²) in [5.74, 6) is -1.08. The highest BCUT2D eigenvalue weighted by Crippen LogP contribution is 2.29. The first-order valence-electron chi connectivity index (χ1n) is 7.68. The normalized spacial score (nSPS) is 11.2. The molecule has 0 atom stereocenters. The van der Waals surface area contributed by atoms with E-state index in [9.17, 15) is 14.7 Å². The van der Waals surface area contributed by atoms with Crippen molar-refractivity contribution in [2.45, 2.75) is 26.7 Å². The number of aliphatic carboxylic acids is 1. The lowest BCUT2D eigenvalue weighted by Crippen LogP contribution is -2.42. The molecule has 0 bridgehead atoms. The summed E-state index contributed by atoms with van der Waals surface area (Å²) in [5, 5.41) is 14.1. The summed E-state index contributed by atoms with van der Waals surface area (Å²) < 4.78 is 0. The molecule has 4 nitrogen and oxygen atoms in total. The van der Waals surface area contributed by atoms with Crippen LogP contribution in [0.3, 0.4) is 0 Å². The van der Waals surface area contributed by atoms with Crippen LogP contribution in [-0.2, 0) is 4.79 Å². The van der Waals surface area contributed by atoms with E-state index in [0.29, 0.717) is 17.7 Å². The first-order valence-corrected chi connectivity index (χ1v) is 8.56. The predicted octanol–water partition coefficient (Wildman–Crippen LogP) is 4.04. The second-order valence-electron chi connectivity index (χ2n) is 5.50. The molecule has 1 heterocycles. The molecular weight excluding hydrogens is 310 g/mol. The fourth-order valence-corrected chi connectivity index (χ4v) is 3.37. The smallest absolute Gasteiger partial charge is 0.311 e. The van der Waals surface area contributed by atoms with Crippen molar-refractivity contribution >= 4 is 23.2 Å². The molecule has 0 aliphatic heterocycles. The largest absolute Gasteiger partial charge is 0.481 e. The molecule has 0 aliphatic rings. The van der Waals surface area contributed by atoms with Gasteiger partial charge in [-0.1, -0.05) is 44.2 Å². The lowest BCUT2D eigenvalue weighted by molar-refractivity contribution is -0.149. The summed E-state index contributed by atoms with van der Waals surface area (Å²) in [6.45, 7) is 3.81. The van der Waals surface area contributed by atoms with Crippen molar-refractivity contribution in [2.24, 2.45) is 5.41 Å². The maximum Gasteiger partial charge on any atom is 0.311 e. The van der Waals surface area contributed by atoms with Crippen LogP contribution in [0.15, 0.2) is 41.8 Å². The second kappa shape index (κ2) is 7.42. The summed E-state index contributed by atoms with van der Waals surface area (Å²) in [6.07, 6.45) is 0.962. The molecule has 0 unspecified atom stereocenters. The molecule has 1 aromatic carbocycles. The first kappa shape index (κ1) is 17.2. The average Bonchev–Trinajstić information content (AvgIpc) is 3.06. The monoisotopic (exact) mass is 331 g/mol. The second-order valence-corrected chi connectivity index (χ2v) is 6.42. The Morgan fingerprint density at radius 1 is 1.13 bits per heavy atom. The Morgan fingerprint density at radius 3 is 2.35 bits per heavy atom. The minimum atomic E-state index is -0.903. The van der Waals surface area contributed by atoms with Crippen LogP contribution in [0, 0.1) is 5.41 Å². The van der Waals surface area contributed by atoms with Gasteiger partial charge in [0.15, 0.2) is 0 Å². The van der Waals surface area contributed by atoms with Gasteiger partial charge < -0.3 is 10.4 Å². The third-order valence-corrected chi connectivity index (χ3v) is 5.26. The minimum absolute atomic E-state index is 0.139. The molecule has 0 saturated heterocycles. The highest BCUT2D eigenvalue weighted by molar-refractivity contribution is 7.12. The molecule has 2 aromatic rings. The van der Waals surface area contributed by atoms with Crippen molar-refractivity contribution in [3.8, 4) is 11.1 Å². The number of amides is 1. The van der Waals surface area contributed by atoms with Gasteiger partial charge in [-0.25, -0.2) is 0 Å². The van der Waals surface area contributed by atoms with Gasteiger partial charge in [-0.2, -0.15) is 0 Å². The number of carbonyl (C=O) groups is 2. The molecule has 0 saturated carbocycles. The van der Waals surface area contributed by atoms with Gasteiger partial charge in [0.25, 0.3) is 5.91 Å². The molecule has 0 radical (unpaired) electrons. The van der Waals surface area contributed by atoms with Crippen molar-refractivity contribution < 1.29 is 14.7 Å². The van der Waals surface area contributed by atoms with Crippen LogP contribution < -0.4 is 5.32 Å². The third-order valence-electron chi connectivity index (χ3n) is 4.35. The number of hydrogen-bond acceptors (Lipinski definition) is 3. The standard InChI is InChI=1S/C18H21NO3S/c1-3-18(4-2,17(21)22)12-19-16(20)15-14(10-11-23-15)13-8-6-5-7-9-13/h5-11H,3-4,12H2,1-2H3,(H,19,20)(H,21,22). The van der Waals surface area contributed by atoms with Crippen LogP contribution >= 0.6 is 11.3 Å². The molecule has 122 valence electrons. The quantitative estimate of drug-likeness (QED) is 0.805. The van der Waals surface area contributed by atoms with Crippen molar-refractivity contribution in [3.05, 3.63) is 46.7 Å². The van der Waals surface area contributed by atoms with E-state index in [-0.39, 0.29) is 12.5 Å². The topological polar surface area (TPSA) is 66.4 Å². The molecule has 0 aliphatic carbocycles. The number of carboxylic acid groups (broad SMARTS) is 1. The third kappa shape index (κ3) is 3.62. The summed E-state index contributed by atoms with van der Waals surface area (Å²) >= 11 is 1.37. The molecule has 2 rings (SSSR count). The maximum atomic E-state index is 12.5. The van der Waals surface area contributed by atoms with E-state index in [1.54, 1.807) is 0 Å². The van der Waals surface area contributed by atoms with Crippen molar-refractivity contribution in [3.63, 3.8) is 0 Å². The van der Waals surface area contributed by atoms with E-state index >= 15 is 0 Å². The Hall–Kier alpha value is -2.14. The van der Waals surface area contributed by atoms with Gasteiger partial charge in [0.1, 0.15) is 0 Å². The Kier molecular flexibility index (Phi) is 5.55. The summed E-state index contributed by atoms with van der Waals surface area (Å²) in [6, 6.07) is 11.6. The van der Waals surface area contributed by atoms with E-state index in [4.69, 9.17) is 0 Å². The number of rotatable bonds is 7. The predicted molar refractivity (Wildman–Crippen MR) is 92.7 cm³/mol. The van der Waals surface area contributed by atoms with Crippen LogP contribution in [0.1, 0.15) is 36.4 Å². The van der Waals surface area contributed by atoms with Crippen LogP contribution in [-0.4, -0.2) is 23.5 Å². The van der Waals surface area contributed by atoms with Crippen LogP contribution in [0.2, 0.25) is 0 Å². The number of thiophene rings is 1. The van der Waals surface area contributed by atoms with Crippen molar-refractivity contribution in [1.82, 2.24) is 5.32 Å². The molecule has 1 amide bonds. The number of carbonyl (C=O) groups excluding carboxylic acids is 1. The Bertz CT molecular complexity index is 675. The molecular formula is C18H21NO3S. The van der Waals surface area contributed by atoms with Gasteiger partial charge in [-0.05, 0) is 29.9 Å². The van der Waals surface area contributed by atoms with Crippen LogP contribution in [0.5, 0.6) is 0 Å². The van der Waals surface area contributed by atoms with Gasteiger partial charge in [0, 0.05) is 12.1 Å². The summed E-state index contributed by atoms with van der Waals surface area (Å²) in [7, 11) is 0. The molecule has 0 fully saturated rings. The summed E-state index contributed by atoms with van der Waals surface area (Å²) in [5.41, 5.74) is 0.955. The minimum Gasteiger partial charge on any atom is -0.481 e. The molecule has 0 spiro atoms. The molecule has 23 heavy (non-hydrogen) atoms. The average molecular weight is 331 g/mol. The van der Waals surface area contributed by atoms with Crippen LogP contribution in [0.25, 0.3) is 11.1 Å².